The van der Waals surface area contributed by atoms with Gasteiger partial charge in [-0.2, -0.15) is 0 Å². The van der Waals surface area contributed by atoms with Gasteiger partial charge in [-0.25, -0.2) is 0 Å². The topological polar surface area (TPSA) is 95.6 Å². The molecule has 0 saturated heterocycles. The smallest absolute Gasteiger partial charge is 0.260 e. The fourth-order valence-corrected chi connectivity index (χ4v) is 4.71. The summed E-state index contributed by atoms with van der Waals surface area (Å²) < 4.78 is 5.32. The van der Waals surface area contributed by atoms with Crippen molar-refractivity contribution in [2.45, 2.75) is 37.0 Å². The molecule has 1 aromatic heterocycles. The van der Waals surface area contributed by atoms with Crippen LogP contribution in [0.4, 0.5) is 5.69 Å². The van der Waals surface area contributed by atoms with Crippen LogP contribution in [-0.4, -0.2) is 27.9 Å². The number of carbonyl (C=O) groups is 1. The number of anilines is 1. The summed E-state index contributed by atoms with van der Waals surface area (Å²) in [6.07, 6.45) is 4.11. The lowest BCUT2D eigenvalue weighted by atomic mass is 9.93. The highest BCUT2D eigenvalue weighted by Gasteiger charge is 2.43. The van der Waals surface area contributed by atoms with Crippen LogP contribution in [0, 0.1) is 0 Å². The molecule has 7 heteroatoms. The minimum absolute atomic E-state index is 0.102. The molecule has 2 saturated carbocycles. The molecule has 6 nitrogen and oxygen atoms in total. The summed E-state index contributed by atoms with van der Waals surface area (Å²) in [4.78, 5) is 12.7. The van der Waals surface area contributed by atoms with Gasteiger partial charge in [-0.15, -0.1) is 0 Å². The van der Waals surface area contributed by atoms with E-state index in [0.717, 1.165) is 48.1 Å². The van der Waals surface area contributed by atoms with Crippen LogP contribution < -0.4 is 5.32 Å². The van der Waals surface area contributed by atoms with E-state index >= 15 is 0 Å². The van der Waals surface area contributed by atoms with Crippen molar-refractivity contribution < 1.29 is 19.5 Å². The Morgan fingerprint density at radius 2 is 1.91 bits per heavy atom. The summed E-state index contributed by atoms with van der Waals surface area (Å²) in [6.45, 7) is 0.150. The Bertz CT molecular complexity index is 1280. The van der Waals surface area contributed by atoms with Crippen molar-refractivity contribution in [2.24, 2.45) is 0 Å². The molecule has 2 aliphatic carbocycles. The van der Waals surface area contributed by atoms with Crippen molar-refractivity contribution in [3.63, 3.8) is 0 Å². The first-order valence-electron chi connectivity index (χ1n) is 10.8. The number of nitrogens with one attached hydrogen (secondary N) is 1. The Labute approximate surface area is 189 Å². The third kappa shape index (κ3) is 3.05. The number of amides is 1. The average Bonchev–Trinajstić information content (AvgIpc) is 3.72. The molecule has 2 aromatic carbocycles. The summed E-state index contributed by atoms with van der Waals surface area (Å²) in [5.41, 5.74) is 4.72. The molecule has 3 aromatic rings. The van der Waals surface area contributed by atoms with E-state index in [9.17, 15) is 15.0 Å². The Hall–Kier alpha value is -3.09. The number of hydrogen-bond acceptors (Lipinski definition) is 5. The van der Waals surface area contributed by atoms with E-state index in [1.54, 1.807) is 12.1 Å². The number of nitrogens with zero attached hydrogens (tertiary/aromatic N) is 1. The van der Waals surface area contributed by atoms with E-state index in [4.69, 9.17) is 16.1 Å². The summed E-state index contributed by atoms with van der Waals surface area (Å²) >= 11 is 6.55. The monoisotopic (exact) mass is 448 g/mol. The first-order valence-corrected chi connectivity index (χ1v) is 11.1. The lowest BCUT2D eigenvalue weighted by molar-refractivity contribution is -0.110. The van der Waals surface area contributed by atoms with Gasteiger partial charge in [-0.1, -0.05) is 41.0 Å². The SMILES string of the molecule is O=C1Nc2cc(Cl)c(-c3ccc(C4(CO)CC4)cc3)cc2/C1=C(/O)c1cc(C2CC2)no1. The summed E-state index contributed by atoms with van der Waals surface area (Å²) in [6, 6.07) is 13.2. The third-order valence-electron chi connectivity index (χ3n) is 6.81. The molecule has 2 heterocycles. The van der Waals surface area contributed by atoms with Crippen molar-refractivity contribution in [1.82, 2.24) is 5.16 Å². The lowest BCUT2D eigenvalue weighted by Crippen LogP contribution is -2.11. The van der Waals surface area contributed by atoms with E-state index in [1.165, 1.54) is 0 Å². The maximum atomic E-state index is 12.7. The average molecular weight is 449 g/mol. The number of hydrogen-bond donors (Lipinski definition) is 3. The molecule has 0 atom stereocenters. The maximum absolute atomic E-state index is 12.7. The summed E-state index contributed by atoms with van der Waals surface area (Å²) in [5.74, 6) is -0.0829. The van der Waals surface area contributed by atoms with Crippen molar-refractivity contribution in [2.75, 3.05) is 11.9 Å². The second kappa shape index (κ2) is 6.95. The number of aliphatic hydroxyl groups excluding tert-OH is 2. The van der Waals surface area contributed by atoms with E-state index in [0.29, 0.717) is 22.2 Å². The second-order valence-electron chi connectivity index (χ2n) is 8.96. The third-order valence-corrected chi connectivity index (χ3v) is 7.12. The highest BCUT2D eigenvalue weighted by molar-refractivity contribution is 6.38. The standard InChI is InChI=1S/C25H21ClN2O4/c26-18-10-20-17(9-16(18)13-3-5-15(6-4-13)25(12-29)7-8-25)22(24(31)27-20)23(30)21-11-19(28-32-21)14-1-2-14/h3-6,9-11,14,29-30H,1-2,7-8,12H2,(H,27,31)/b23-22-. The van der Waals surface area contributed by atoms with E-state index in [2.05, 4.69) is 10.5 Å². The molecule has 0 unspecified atom stereocenters. The van der Waals surface area contributed by atoms with Crippen LogP contribution in [0.3, 0.4) is 0 Å². The van der Waals surface area contributed by atoms with Crippen LogP contribution in [-0.2, 0) is 10.2 Å². The fourth-order valence-electron chi connectivity index (χ4n) is 4.43. The molecule has 32 heavy (non-hydrogen) atoms. The van der Waals surface area contributed by atoms with Crippen LogP contribution in [0.2, 0.25) is 5.02 Å². The number of aromatic nitrogens is 1. The van der Waals surface area contributed by atoms with Gasteiger partial charge in [0.05, 0.1) is 28.6 Å². The zero-order valence-electron chi connectivity index (χ0n) is 17.2. The van der Waals surface area contributed by atoms with Crippen LogP contribution in [0.1, 0.15) is 54.2 Å². The van der Waals surface area contributed by atoms with Crippen LogP contribution in [0.5, 0.6) is 0 Å². The molecular weight excluding hydrogens is 428 g/mol. The largest absolute Gasteiger partial charge is 0.504 e. The Morgan fingerprint density at radius 3 is 2.56 bits per heavy atom. The van der Waals surface area contributed by atoms with Gasteiger partial charge >= 0.3 is 0 Å². The first kappa shape index (κ1) is 19.6. The molecule has 2 fully saturated rings. The van der Waals surface area contributed by atoms with Gasteiger partial charge in [0.1, 0.15) is 0 Å². The molecule has 0 radical (unpaired) electrons. The van der Waals surface area contributed by atoms with Crippen molar-refractivity contribution in [3.05, 3.63) is 70.1 Å². The van der Waals surface area contributed by atoms with Crippen molar-refractivity contribution >= 4 is 34.5 Å². The van der Waals surface area contributed by atoms with E-state index in [-0.39, 0.29) is 29.1 Å². The Morgan fingerprint density at radius 1 is 1.16 bits per heavy atom. The first-order chi connectivity index (χ1) is 15.5. The van der Waals surface area contributed by atoms with Crippen LogP contribution in [0.25, 0.3) is 22.5 Å². The second-order valence-corrected chi connectivity index (χ2v) is 9.37. The molecule has 1 aliphatic heterocycles. The fraction of sp³-hybridized carbons (Fsp3) is 0.280. The summed E-state index contributed by atoms with van der Waals surface area (Å²) in [7, 11) is 0. The van der Waals surface area contributed by atoms with Crippen LogP contribution >= 0.6 is 11.6 Å². The highest BCUT2D eigenvalue weighted by atomic mass is 35.5. The van der Waals surface area contributed by atoms with Gasteiger partial charge < -0.3 is 20.1 Å². The predicted molar refractivity (Wildman–Crippen MR) is 121 cm³/mol. The number of rotatable bonds is 5. The van der Waals surface area contributed by atoms with Gasteiger partial charge in [0, 0.05) is 28.5 Å². The quantitative estimate of drug-likeness (QED) is 0.365. The van der Waals surface area contributed by atoms with Gasteiger partial charge in [-0.3, -0.25) is 4.79 Å². The zero-order chi connectivity index (χ0) is 22.0. The zero-order valence-corrected chi connectivity index (χ0v) is 17.9. The molecule has 3 N–H and O–H groups in total. The summed E-state index contributed by atoms with van der Waals surface area (Å²) in [5, 5.41) is 27.9. The minimum Gasteiger partial charge on any atom is -0.504 e. The molecule has 0 spiro atoms. The molecule has 1 amide bonds. The highest BCUT2D eigenvalue weighted by Crippen LogP contribution is 2.48. The number of carbonyl (C=O) groups excluding carboxylic acids is 1. The normalized spacial score (nSPS) is 20.1. The molecule has 162 valence electrons. The van der Waals surface area contributed by atoms with E-state index < -0.39 is 5.91 Å². The molecule has 3 aliphatic rings. The predicted octanol–water partition coefficient (Wildman–Crippen LogP) is 5.27. The maximum Gasteiger partial charge on any atom is 0.260 e. The molecule has 0 bridgehead atoms. The van der Waals surface area contributed by atoms with E-state index in [1.807, 2.05) is 30.3 Å². The molecular formula is C25H21ClN2O4. The molecule has 6 rings (SSSR count). The van der Waals surface area contributed by atoms with Crippen molar-refractivity contribution in [1.29, 1.82) is 0 Å². The van der Waals surface area contributed by atoms with Gasteiger partial charge in [-0.05, 0) is 48.9 Å². The van der Waals surface area contributed by atoms with Gasteiger partial charge in [0.2, 0.25) is 5.76 Å². The van der Waals surface area contributed by atoms with Gasteiger partial charge in [0.15, 0.2) is 5.76 Å². The Balaban J connectivity index is 1.40. The number of benzene rings is 2. The number of halogens is 1. The minimum atomic E-state index is -0.413. The van der Waals surface area contributed by atoms with Crippen molar-refractivity contribution in [3.8, 4) is 11.1 Å². The number of fused-ring (bicyclic) bond motifs is 1. The van der Waals surface area contributed by atoms with Crippen LogP contribution in [0.15, 0.2) is 47.0 Å². The lowest BCUT2D eigenvalue weighted by Gasteiger charge is -2.14. The number of aliphatic hydroxyl groups is 2. The Kier molecular flexibility index (Phi) is 4.26. The van der Waals surface area contributed by atoms with Gasteiger partial charge in [0.25, 0.3) is 5.91 Å².